The number of hydrogen-bond donors (Lipinski definition) is 1. The Hall–Kier alpha value is -2.13. The maximum atomic E-state index is 5.92. The van der Waals surface area contributed by atoms with Crippen molar-refractivity contribution in [2.75, 3.05) is 5.32 Å². The van der Waals surface area contributed by atoms with Gasteiger partial charge in [-0.05, 0) is 25.4 Å². The van der Waals surface area contributed by atoms with Crippen LogP contribution in [0.1, 0.15) is 22.9 Å². The topological polar surface area (TPSA) is 94.3 Å². The molecule has 1 unspecified atom stereocenters. The summed E-state index contributed by atoms with van der Waals surface area (Å²) in [5, 5.41) is 8.15. The minimum atomic E-state index is -0.0363. The van der Waals surface area contributed by atoms with Crippen LogP contribution >= 0.6 is 22.9 Å². The first kappa shape index (κ1) is 13.8. The van der Waals surface area contributed by atoms with Crippen molar-refractivity contribution in [2.45, 2.75) is 19.9 Å². The van der Waals surface area contributed by atoms with Crippen molar-refractivity contribution in [1.82, 2.24) is 34.7 Å². The smallest absolute Gasteiger partial charge is 0.258 e. The molecule has 0 spiro atoms. The summed E-state index contributed by atoms with van der Waals surface area (Å²) in [5.41, 5.74) is 0. The van der Waals surface area contributed by atoms with E-state index in [0.717, 1.165) is 9.88 Å². The molecular weight excluding hydrogens is 312 g/mol. The molecule has 0 saturated heterocycles. The Labute approximate surface area is 129 Å². The van der Waals surface area contributed by atoms with Crippen molar-refractivity contribution in [3.05, 3.63) is 34.0 Å². The number of nitrogens with one attached hydrogen (secondary N) is 1. The predicted octanol–water partition coefficient (Wildman–Crippen LogP) is 2.04. The van der Waals surface area contributed by atoms with Crippen LogP contribution in [-0.4, -0.2) is 34.7 Å². The molecule has 21 heavy (non-hydrogen) atoms. The van der Waals surface area contributed by atoms with Gasteiger partial charge in [-0.3, -0.25) is 0 Å². The monoisotopic (exact) mass is 322 g/mol. The van der Waals surface area contributed by atoms with Crippen LogP contribution in [-0.2, 0) is 0 Å². The van der Waals surface area contributed by atoms with E-state index in [1.807, 2.05) is 20.0 Å². The molecular formula is C11H11ClN8S. The van der Waals surface area contributed by atoms with E-state index in [1.165, 1.54) is 17.3 Å². The first-order chi connectivity index (χ1) is 10.1. The summed E-state index contributed by atoms with van der Waals surface area (Å²) in [6, 6.07) is -0.0363. The van der Waals surface area contributed by atoms with Crippen molar-refractivity contribution in [1.29, 1.82) is 0 Å². The molecule has 3 heterocycles. The quantitative estimate of drug-likeness (QED) is 0.785. The third-order valence-corrected chi connectivity index (χ3v) is 3.84. The average molecular weight is 323 g/mol. The maximum absolute atomic E-state index is 5.92. The molecule has 0 radical (unpaired) electrons. The summed E-state index contributed by atoms with van der Waals surface area (Å²) in [7, 11) is 0. The number of rotatable bonds is 4. The lowest BCUT2D eigenvalue weighted by molar-refractivity contribution is 0.780. The van der Waals surface area contributed by atoms with E-state index in [4.69, 9.17) is 11.6 Å². The lowest BCUT2D eigenvalue weighted by Gasteiger charge is -2.11. The van der Waals surface area contributed by atoms with Crippen LogP contribution in [0.3, 0.4) is 0 Å². The van der Waals surface area contributed by atoms with Crippen LogP contribution in [0, 0.1) is 6.92 Å². The summed E-state index contributed by atoms with van der Waals surface area (Å²) in [4.78, 5) is 21.7. The van der Waals surface area contributed by atoms with Crippen molar-refractivity contribution in [3.63, 3.8) is 0 Å². The number of aryl methyl sites for hydroxylation is 1. The molecule has 0 saturated carbocycles. The Morgan fingerprint density at radius 1 is 1.33 bits per heavy atom. The Balaban J connectivity index is 1.85. The van der Waals surface area contributed by atoms with E-state index in [1.54, 1.807) is 11.3 Å². The second-order valence-corrected chi connectivity index (χ2v) is 5.85. The second kappa shape index (κ2) is 5.70. The van der Waals surface area contributed by atoms with Crippen LogP contribution in [0.15, 0.2) is 18.9 Å². The molecule has 10 heteroatoms. The Morgan fingerprint density at radius 2 is 2.19 bits per heavy atom. The van der Waals surface area contributed by atoms with Crippen molar-refractivity contribution >= 4 is 28.9 Å². The van der Waals surface area contributed by atoms with Gasteiger partial charge in [0.25, 0.3) is 5.95 Å². The van der Waals surface area contributed by atoms with E-state index in [9.17, 15) is 0 Å². The van der Waals surface area contributed by atoms with Crippen LogP contribution in [0.4, 0.5) is 5.95 Å². The first-order valence-electron chi connectivity index (χ1n) is 6.07. The van der Waals surface area contributed by atoms with E-state index in [0.29, 0.717) is 11.9 Å². The highest BCUT2D eigenvalue weighted by Crippen LogP contribution is 2.22. The SMILES string of the molecule is Cc1cnc(C(C)Nc2nc(Cl)nc(-n3cncn3)n2)s1. The molecule has 0 aliphatic rings. The highest BCUT2D eigenvalue weighted by atomic mass is 35.5. The van der Waals surface area contributed by atoms with Crippen LogP contribution in [0.5, 0.6) is 0 Å². The summed E-state index contributed by atoms with van der Waals surface area (Å²) in [5.74, 6) is 0.665. The van der Waals surface area contributed by atoms with E-state index in [2.05, 4.69) is 35.3 Å². The van der Waals surface area contributed by atoms with Gasteiger partial charge in [0, 0.05) is 11.1 Å². The third-order valence-electron chi connectivity index (χ3n) is 2.58. The van der Waals surface area contributed by atoms with Gasteiger partial charge < -0.3 is 5.32 Å². The fraction of sp³-hybridized carbons (Fsp3) is 0.273. The summed E-state index contributed by atoms with van der Waals surface area (Å²) < 4.78 is 1.41. The molecule has 3 aromatic rings. The standard InChI is InChI=1S/C11H11ClN8S/c1-6-3-14-8(21-6)7(2)16-10-17-9(12)18-11(19-10)20-5-13-4-15-20/h3-5,7H,1-2H3,(H,16,17,18,19). The van der Waals surface area contributed by atoms with Gasteiger partial charge in [0.1, 0.15) is 17.7 Å². The number of anilines is 1. The van der Waals surface area contributed by atoms with E-state index in [-0.39, 0.29) is 11.3 Å². The zero-order chi connectivity index (χ0) is 14.8. The van der Waals surface area contributed by atoms with Gasteiger partial charge in [0.15, 0.2) is 0 Å². The molecule has 3 aromatic heterocycles. The van der Waals surface area contributed by atoms with Crippen molar-refractivity contribution in [2.24, 2.45) is 0 Å². The molecule has 3 rings (SSSR count). The number of aromatic nitrogens is 7. The summed E-state index contributed by atoms with van der Waals surface area (Å²) >= 11 is 7.54. The zero-order valence-corrected chi connectivity index (χ0v) is 12.8. The second-order valence-electron chi connectivity index (χ2n) is 4.24. The predicted molar refractivity (Wildman–Crippen MR) is 78.6 cm³/mol. The molecule has 1 atom stereocenters. The van der Waals surface area contributed by atoms with Gasteiger partial charge >= 0.3 is 0 Å². The van der Waals surface area contributed by atoms with Gasteiger partial charge in [-0.2, -0.15) is 24.7 Å². The number of hydrogen-bond acceptors (Lipinski definition) is 8. The maximum Gasteiger partial charge on any atom is 0.258 e. The minimum Gasteiger partial charge on any atom is -0.345 e. The van der Waals surface area contributed by atoms with Crippen LogP contribution in [0.25, 0.3) is 5.95 Å². The fourth-order valence-corrected chi connectivity index (χ4v) is 2.58. The Kier molecular flexibility index (Phi) is 3.76. The first-order valence-corrected chi connectivity index (χ1v) is 7.26. The van der Waals surface area contributed by atoms with E-state index < -0.39 is 0 Å². The summed E-state index contributed by atoms with van der Waals surface area (Å²) in [6.07, 6.45) is 4.72. The largest absolute Gasteiger partial charge is 0.345 e. The number of thiazole rings is 1. The highest BCUT2D eigenvalue weighted by Gasteiger charge is 2.13. The van der Waals surface area contributed by atoms with Crippen LogP contribution in [0.2, 0.25) is 5.28 Å². The molecule has 108 valence electrons. The normalized spacial score (nSPS) is 12.3. The highest BCUT2D eigenvalue weighted by molar-refractivity contribution is 7.11. The molecule has 0 aliphatic carbocycles. The van der Waals surface area contributed by atoms with Gasteiger partial charge in [0.05, 0.1) is 6.04 Å². The molecule has 0 aliphatic heterocycles. The third kappa shape index (κ3) is 3.14. The lowest BCUT2D eigenvalue weighted by atomic mass is 10.4. The summed E-state index contributed by atoms with van der Waals surface area (Å²) in [6.45, 7) is 3.99. The zero-order valence-electron chi connectivity index (χ0n) is 11.2. The molecule has 1 N–H and O–H groups in total. The van der Waals surface area contributed by atoms with E-state index >= 15 is 0 Å². The van der Waals surface area contributed by atoms with Gasteiger partial charge in [-0.1, -0.05) is 0 Å². The Morgan fingerprint density at radius 3 is 2.86 bits per heavy atom. The minimum absolute atomic E-state index is 0.0363. The van der Waals surface area contributed by atoms with Gasteiger partial charge in [-0.25, -0.2) is 9.97 Å². The number of nitrogens with zero attached hydrogens (tertiary/aromatic N) is 7. The molecule has 0 amide bonds. The number of halogens is 1. The lowest BCUT2D eigenvalue weighted by Crippen LogP contribution is -2.12. The Bertz CT molecular complexity index is 741. The molecule has 0 bridgehead atoms. The molecule has 0 fully saturated rings. The van der Waals surface area contributed by atoms with Gasteiger partial charge in [0.2, 0.25) is 11.2 Å². The molecule has 8 nitrogen and oxygen atoms in total. The average Bonchev–Trinajstić information content (AvgIpc) is 3.08. The van der Waals surface area contributed by atoms with Gasteiger partial charge in [-0.15, -0.1) is 11.3 Å². The molecule has 0 aromatic carbocycles. The fourth-order valence-electron chi connectivity index (χ4n) is 1.65. The van der Waals surface area contributed by atoms with Crippen molar-refractivity contribution < 1.29 is 0 Å². The van der Waals surface area contributed by atoms with Crippen molar-refractivity contribution in [3.8, 4) is 5.95 Å². The van der Waals surface area contributed by atoms with Crippen LogP contribution < -0.4 is 5.32 Å².